The average molecular weight is 442 g/mol. The van der Waals surface area contributed by atoms with E-state index in [1.807, 2.05) is 0 Å². The van der Waals surface area contributed by atoms with Crippen LogP contribution >= 0.6 is 0 Å². The molecule has 2 aliphatic rings. The van der Waals surface area contributed by atoms with Crippen molar-refractivity contribution in [1.82, 2.24) is 20.3 Å². The van der Waals surface area contributed by atoms with Gasteiger partial charge in [-0.2, -0.15) is 36.3 Å². The third-order valence-electron chi connectivity index (χ3n) is 4.76. The maximum absolute atomic E-state index is 12.6. The van der Waals surface area contributed by atoms with Crippen molar-refractivity contribution in [3.05, 3.63) is 23.4 Å². The van der Waals surface area contributed by atoms with E-state index in [1.165, 1.54) is 6.92 Å². The lowest BCUT2D eigenvalue weighted by Crippen LogP contribution is -2.29. The fourth-order valence-corrected chi connectivity index (χ4v) is 2.55. The van der Waals surface area contributed by atoms with Crippen LogP contribution in [0.15, 0.2) is 9.05 Å². The van der Waals surface area contributed by atoms with E-state index < -0.39 is 52.5 Å². The highest BCUT2D eigenvalue weighted by Gasteiger charge is 2.69. The number of carboxylic acid groups (broad SMARTS) is 1. The largest absolute Gasteiger partial charge is 0.475 e. The van der Waals surface area contributed by atoms with E-state index in [0.29, 0.717) is 0 Å². The van der Waals surface area contributed by atoms with Gasteiger partial charge >= 0.3 is 18.3 Å². The standard InChI is InChI=1S/C8H7F3N2O2.C7H5F3N2O3/c1-4(14)5-12-6(15-13-5)7(2-3-7)8(9,10)11;8-7(9,10)6(1-2-6)5-11-3(4(13)14)12-15-5/h2-3H2,1H3;1-2H2,(H,13,14). The molecule has 0 unspecified atom stereocenters. The molecule has 4 rings (SSSR count). The van der Waals surface area contributed by atoms with Gasteiger partial charge in [0, 0.05) is 6.92 Å². The number of nitrogens with zero attached hydrogens (tertiary/aromatic N) is 4. The average Bonchev–Trinajstić information content (AvgIpc) is 3.51. The predicted octanol–water partition coefficient (Wildman–Crippen LogP) is 3.23. The molecule has 0 bridgehead atoms. The van der Waals surface area contributed by atoms with Crippen LogP contribution < -0.4 is 0 Å². The first-order valence-electron chi connectivity index (χ1n) is 8.29. The Morgan fingerprint density at radius 1 is 0.833 bits per heavy atom. The van der Waals surface area contributed by atoms with Crippen LogP contribution in [0.2, 0.25) is 0 Å². The topological polar surface area (TPSA) is 132 Å². The summed E-state index contributed by atoms with van der Waals surface area (Å²) in [6.45, 7) is 1.17. The van der Waals surface area contributed by atoms with Gasteiger partial charge < -0.3 is 14.2 Å². The Morgan fingerprint density at radius 3 is 1.43 bits per heavy atom. The summed E-state index contributed by atoms with van der Waals surface area (Å²) in [5, 5.41) is 14.6. The van der Waals surface area contributed by atoms with Gasteiger partial charge in [0.1, 0.15) is 10.8 Å². The first-order chi connectivity index (χ1) is 13.7. The molecule has 2 aromatic heterocycles. The van der Waals surface area contributed by atoms with Crippen LogP contribution in [0.25, 0.3) is 0 Å². The van der Waals surface area contributed by atoms with Gasteiger partial charge in [0.05, 0.1) is 0 Å². The molecule has 30 heavy (non-hydrogen) atoms. The van der Waals surface area contributed by atoms with E-state index in [1.54, 1.807) is 0 Å². The molecule has 2 aliphatic carbocycles. The molecular weight excluding hydrogens is 430 g/mol. The lowest BCUT2D eigenvalue weighted by atomic mass is 10.1. The number of carbonyl (C=O) groups excluding carboxylic acids is 1. The number of aromatic carboxylic acids is 1. The Bertz CT molecular complexity index is 893. The van der Waals surface area contributed by atoms with Crippen molar-refractivity contribution in [2.75, 3.05) is 0 Å². The Kier molecular flexibility index (Phi) is 4.90. The Balaban J connectivity index is 0.000000171. The van der Waals surface area contributed by atoms with Crippen molar-refractivity contribution in [2.45, 2.75) is 55.8 Å². The molecule has 1 N–H and O–H groups in total. The highest BCUT2D eigenvalue weighted by atomic mass is 19.4. The quantitative estimate of drug-likeness (QED) is 0.560. The number of carbonyl (C=O) groups is 2. The number of hydrogen-bond acceptors (Lipinski definition) is 8. The van der Waals surface area contributed by atoms with Crippen LogP contribution in [0.5, 0.6) is 0 Å². The zero-order valence-electron chi connectivity index (χ0n) is 15.0. The maximum atomic E-state index is 12.6. The number of halogens is 6. The van der Waals surface area contributed by atoms with E-state index in [0.717, 1.165) is 0 Å². The number of rotatable bonds is 4. The van der Waals surface area contributed by atoms with Crippen LogP contribution in [-0.4, -0.2) is 49.5 Å². The second-order valence-electron chi connectivity index (χ2n) is 6.87. The van der Waals surface area contributed by atoms with Crippen LogP contribution in [0.4, 0.5) is 26.3 Å². The summed E-state index contributed by atoms with van der Waals surface area (Å²) in [7, 11) is 0. The molecule has 0 amide bonds. The molecule has 9 nitrogen and oxygen atoms in total. The molecule has 0 spiro atoms. The second-order valence-corrected chi connectivity index (χ2v) is 6.87. The normalized spacial score (nSPS) is 18.9. The van der Waals surface area contributed by atoms with Gasteiger partial charge in [0.2, 0.25) is 23.4 Å². The molecule has 0 atom stereocenters. The number of ketones is 1. The number of alkyl halides is 6. The minimum Gasteiger partial charge on any atom is -0.475 e. The molecular formula is C15H12F6N4O5. The summed E-state index contributed by atoms with van der Waals surface area (Å²) in [5.74, 6) is -4.24. The monoisotopic (exact) mass is 442 g/mol. The van der Waals surface area contributed by atoms with Crippen molar-refractivity contribution < 1.29 is 50.1 Å². The van der Waals surface area contributed by atoms with E-state index in [2.05, 4.69) is 29.3 Å². The predicted molar refractivity (Wildman–Crippen MR) is 79.5 cm³/mol. The van der Waals surface area contributed by atoms with Crippen LogP contribution in [0.1, 0.15) is 65.6 Å². The number of carboxylic acids is 1. The first kappa shape index (κ1) is 21.7. The number of aromatic nitrogens is 4. The summed E-state index contributed by atoms with van der Waals surface area (Å²) < 4.78 is 84.1. The third kappa shape index (κ3) is 3.63. The molecule has 164 valence electrons. The van der Waals surface area contributed by atoms with E-state index in [-0.39, 0.29) is 31.5 Å². The van der Waals surface area contributed by atoms with Crippen molar-refractivity contribution in [2.24, 2.45) is 0 Å². The highest BCUT2D eigenvalue weighted by molar-refractivity contribution is 5.89. The summed E-state index contributed by atoms with van der Waals surface area (Å²) in [6, 6.07) is 0. The number of hydrogen-bond donors (Lipinski definition) is 1. The summed E-state index contributed by atoms with van der Waals surface area (Å²) in [6.07, 6.45) is -9.27. The van der Waals surface area contributed by atoms with Crippen molar-refractivity contribution >= 4 is 11.8 Å². The van der Waals surface area contributed by atoms with Gasteiger partial charge in [-0.3, -0.25) is 4.79 Å². The van der Waals surface area contributed by atoms with Crippen molar-refractivity contribution in [1.29, 1.82) is 0 Å². The molecule has 0 aromatic carbocycles. The summed E-state index contributed by atoms with van der Waals surface area (Å²) in [5.41, 5.74) is -4.12. The lowest BCUT2D eigenvalue weighted by molar-refractivity contribution is -0.167. The van der Waals surface area contributed by atoms with Gasteiger partial charge in [0.25, 0.3) is 5.82 Å². The second kappa shape index (κ2) is 6.77. The zero-order chi connectivity index (χ0) is 22.5. The summed E-state index contributed by atoms with van der Waals surface area (Å²) >= 11 is 0. The maximum Gasteiger partial charge on any atom is 0.403 e. The Morgan fingerprint density at radius 2 is 1.20 bits per heavy atom. The van der Waals surface area contributed by atoms with Gasteiger partial charge in [-0.05, 0) is 30.8 Å². The van der Waals surface area contributed by atoms with Gasteiger partial charge in [0.15, 0.2) is 0 Å². The fourth-order valence-electron chi connectivity index (χ4n) is 2.55. The van der Waals surface area contributed by atoms with E-state index in [4.69, 9.17) is 5.11 Å². The fraction of sp³-hybridized carbons (Fsp3) is 0.600. The van der Waals surface area contributed by atoms with E-state index >= 15 is 0 Å². The SMILES string of the molecule is CC(=O)c1noc(C2(C(F)(F)F)CC2)n1.O=C(O)c1noc(C2(C(F)(F)F)CC2)n1. The highest BCUT2D eigenvalue weighted by Crippen LogP contribution is 2.59. The van der Waals surface area contributed by atoms with Gasteiger partial charge in [-0.15, -0.1) is 0 Å². The lowest BCUT2D eigenvalue weighted by Gasteiger charge is -2.13. The van der Waals surface area contributed by atoms with Gasteiger partial charge in [-0.1, -0.05) is 5.16 Å². The first-order valence-corrected chi connectivity index (χ1v) is 8.29. The molecule has 2 saturated carbocycles. The van der Waals surface area contributed by atoms with Crippen LogP contribution in [-0.2, 0) is 10.8 Å². The zero-order valence-corrected chi connectivity index (χ0v) is 15.0. The minimum absolute atomic E-state index is 0.0595. The third-order valence-corrected chi connectivity index (χ3v) is 4.76. The Labute approximate surface area is 162 Å². The van der Waals surface area contributed by atoms with Crippen molar-refractivity contribution in [3.8, 4) is 0 Å². The number of Topliss-reactive ketones (excluding diaryl/α,β-unsaturated/α-hetero) is 1. The minimum atomic E-state index is -4.48. The molecule has 0 radical (unpaired) electrons. The molecule has 0 saturated heterocycles. The Hall–Kier alpha value is -3.00. The smallest absolute Gasteiger partial charge is 0.403 e. The van der Waals surface area contributed by atoms with Crippen LogP contribution in [0.3, 0.4) is 0 Å². The molecule has 2 heterocycles. The summed E-state index contributed by atoms with van der Waals surface area (Å²) in [4.78, 5) is 27.8. The molecule has 15 heteroatoms. The molecule has 0 aliphatic heterocycles. The van der Waals surface area contributed by atoms with Crippen LogP contribution in [0, 0.1) is 0 Å². The molecule has 2 aromatic rings. The van der Waals surface area contributed by atoms with Gasteiger partial charge in [-0.25, -0.2) is 4.79 Å². The molecule has 2 fully saturated rings. The van der Waals surface area contributed by atoms with Crippen molar-refractivity contribution in [3.63, 3.8) is 0 Å². The van der Waals surface area contributed by atoms with E-state index in [9.17, 15) is 35.9 Å².